The van der Waals surface area contributed by atoms with Crippen LogP contribution in [0.4, 0.5) is 0 Å². The molecule has 0 spiro atoms. The molecule has 0 aliphatic heterocycles. The molecule has 0 radical (unpaired) electrons. The van der Waals surface area contributed by atoms with Gasteiger partial charge in [-0.25, -0.2) is 0 Å². The first-order chi connectivity index (χ1) is 6.61. The Balaban J connectivity index is 3.07. The van der Waals surface area contributed by atoms with Gasteiger partial charge in [0.15, 0.2) is 5.78 Å². The molecule has 72 valence electrons. The van der Waals surface area contributed by atoms with Crippen LogP contribution in [0.15, 0.2) is 30.3 Å². The molecule has 1 aromatic carbocycles. The number of hydrogen-bond acceptors (Lipinski definition) is 2. The van der Waals surface area contributed by atoms with Crippen molar-refractivity contribution in [1.82, 2.24) is 0 Å². The van der Waals surface area contributed by atoms with Gasteiger partial charge in [-0.2, -0.15) is 0 Å². The van der Waals surface area contributed by atoms with Crippen molar-refractivity contribution in [2.75, 3.05) is 0 Å². The maximum Gasteiger partial charge on any atom is 0.241 e. The van der Waals surface area contributed by atoms with Gasteiger partial charge in [0.25, 0.3) is 0 Å². The van der Waals surface area contributed by atoms with Gasteiger partial charge in [0, 0.05) is 11.6 Å². The number of carbonyl (C=O) groups is 2. The molecule has 2 N–H and O–H groups in total. The lowest BCUT2D eigenvalue weighted by Crippen LogP contribution is -2.05. The van der Waals surface area contributed by atoms with E-state index < -0.39 is 5.91 Å². The van der Waals surface area contributed by atoms with E-state index in [1.165, 1.54) is 13.0 Å². The number of primary amides is 1. The van der Waals surface area contributed by atoms with Crippen molar-refractivity contribution >= 4 is 17.8 Å². The summed E-state index contributed by atoms with van der Waals surface area (Å²) < 4.78 is 0. The number of amides is 1. The second-order valence-electron chi connectivity index (χ2n) is 2.88. The molecule has 0 unspecified atom stereocenters. The van der Waals surface area contributed by atoms with E-state index in [0.29, 0.717) is 11.1 Å². The fourth-order valence-corrected chi connectivity index (χ4v) is 1.13. The maximum atomic E-state index is 11.2. The Bertz CT molecular complexity index is 394. The summed E-state index contributed by atoms with van der Waals surface area (Å²) in [7, 11) is 0. The standard InChI is InChI=1S/C11H11NO2/c1-8(13)10-5-3-2-4-9(10)6-7-11(12)14/h2-7H,1H3,(H2,12,14)/b7-6+. The Labute approximate surface area is 82.2 Å². The van der Waals surface area contributed by atoms with Crippen LogP contribution in [-0.4, -0.2) is 11.7 Å². The van der Waals surface area contributed by atoms with Crippen molar-refractivity contribution in [2.45, 2.75) is 6.92 Å². The molecule has 0 aliphatic rings. The number of rotatable bonds is 3. The Morgan fingerprint density at radius 2 is 1.93 bits per heavy atom. The normalized spacial score (nSPS) is 10.4. The number of hydrogen-bond donors (Lipinski definition) is 1. The highest BCUT2D eigenvalue weighted by atomic mass is 16.1. The molecule has 0 heterocycles. The fourth-order valence-electron chi connectivity index (χ4n) is 1.13. The Morgan fingerprint density at radius 3 is 2.50 bits per heavy atom. The highest BCUT2D eigenvalue weighted by molar-refractivity contribution is 5.99. The van der Waals surface area contributed by atoms with Gasteiger partial charge < -0.3 is 5.73 Å². The molecule has 1 amide bonds. The van der Waals surface area contributed by atoms with Crippen LogP contribution >= 0.6 is 0 Å². The predicted molar refractivity (Wildman–Crippen MR) is 54.7 cm³/mol. The minimum absolute atomic E-state index is 0.0327. The summed E-state index contributed by atoms with van der Waals surface area (Å²) in [6, 6.07) is 7.05. The van der Waals surface area contributed by atoms with Gasteiger partial charge in [0.05, 0.1) is 0 Å². The number of benzene rings is 1. The first-order valence-electron chi connectivity index (χ1n) is 4.18. The highest BCUT2D eigenvalue weighted by Gasteiger charge is 2.02. The number of nitrogens with two attached hydrogens (primary N) is 1. The van der Waals surface area contributed by atoms with Gasteiger partial charge in [-0.05, 0) is 18.6 Å². The van der Waals surface area contributed by atoms with Gasteiger partial charge >= 0.3 is 0 Å². The maximum absolute atomic E-state index is 11.2. The molecule has 3 heteroatoms. The Hall–Kier alpha value is -1.90. The minimum Gasteiger partial charge on any atom is -0.366 e. The van der Waals surface area contributed by atoms with E-state index in [0.717, 1.165) is 0 Å². The van der Waals surface area contributed by atoms with Gasteiger partial charge in [0.2, 0.25) is 5.91 Å². The van der Waals surface area contributed by atoms with Crippen LogP contribution in [0.25, 0.3) is 6.08 Å². The Kier molecular flexibility index (Phi) is 3.18. The van der Waals surface area contributed by atoms with Crippen LogP contribution in [0.2, 0.25) is 0 Å². The summed E-state index contributed by atoms with van der Waals surface area (Å²) in [5.41, 5.74) is 6.25. The summed E-state index contributed by atoms with van der Waals surface area (Å²) in [5.74, 6) is -0.557. The van der Waals surface area contributed by atoms with Crippen LogP contribution in [0.3, 0.4) is 0 Å². The van der Waals surface area contributed by atoms with Crippen molar-refractivity contribution < 1.29 is 9.59 Å². The van der Waals surface area contributed by atoms with E-state index in [2.05, 4.69) is 0 Å². The van der Waals surface area contributed by atoms with Crippen molar-refractivity contribution in [3.05, 3.63) is 41.5 Å². The molecule has 0 saturated heterocycles. The van der Waals surface area contributed by atoms with E-state index in [-0.39, 0.29) is 5.78 Å². The third-order valence-corrected chi connectivity index (χ3v) is 1.77. The molecule has 0 atom stereocenters. The van der Waals surface area contributed by atoms with Gasteiger partial charge in [-0.15, -0.1) is 0 Å². The van der Waals surface area contributed by atoms with Gasteiger partial charge in [-0.3, -0.25) is 9.59 Å². The monoisotopic (exact) mass is 189 g/mol. The molecule has 0 saturated carbocycles. The van der Waals surface area contributed by atoms with Crippen molar-refractivity contribution in [2.24, 2.45) is 5.73 Å². The fraction of sp³-hybridized carbons (Fsp3) is 0.0909. The van der Waals surface area contributed by atoms with Gasteiger partial charge in [0.1, 0.15) is 0 Å². The second-order valence-corrected chi connectivity index (χ2v) is 2.88. The largest absolute Gasteiger partial charge is 0.366 e. The van der Waals surface area contributed by atoms with Crippen LogP contribution in [0, 0.1) is 0 Å². The molecule has 0 aromatic heterocycles. The topological polar surface area (TPSA) is 60.2 Å². The third kappa shape index (κ3) is 2.55. The first-order valence-corrected chi connectivity index (χ1v) is 4.18. The van der Waals surface area contributed by atoms with E-state index in [4.69, 9.17) is 5.73 Å². The number of Topliss-reactive ketones (excluding diaryl/α,β-unsaturated/α-hetero) is 1. The van der Waals surface area contributed by atoms with Crippen molar-refractivity contribution in [1.29, 1.82) is 0 Å². The van der Waals surface area contributed by atoms with E-state index in [1.807, 2.05) is 0 Å². The molecule has 0 fully saturated rings. The molecule has 14 heavy (non-hydrogen) atoms. The summed E-state index contributed by atoms with van der Waals surface area (Å²) in [5, 5.41) is 0. The Morgan fingerprint density at radius 1 is 1.29 bits per heavy atom. The van der Waals surface area contributed by atoms with Crippen molar-refractivity contribution in [3.63, 3.8) is 0 Å². The average molecular weight is 189 g/mol. The first kappa shape index (κ1) is 10.2. The lowest BCUT2D eigenvalue weighted by atomic mass is 10.0. The zero-order valence-corrected chi connectivity index (χ0v) is 7.86. The minimum atomic E-state index is -0.525. The van der Waals surface area contributed by atoms with Crippen LogP contribution < -0.4 is 5.73 Å². The molecular weight excluding hydrogens is 178 g/mol. The zero-order chi connectivity index (χ0) is 10.6. The van der Waals surface area contributed by atoms with Crippen LogP contribution in [-0.2, 0) is 4.79 Å². The summed E-state index contributed by atoms with van der Waals surface area (Å²) in [6.45, 7) is 1.48. The second kappa shape index (κ2) is 4.37. The third-order valence-electron chi connectivity index (χ3n) is 1.77. The zero-order valence-electron chi connectivity index (χ0n) is 7.86. The molecule has 0 bridgehead atoms. The van der Waals surface area contributed by atoms with Crippen molar-refractivity contribution in [3.8, 4) is 0 Å². The lowest BCUT2D eigenvalue weighted by molar-refractivity contribution is -0.113. The predicted octanol–water partition coefficient (Wildman–Crippen LogP) is 1.39. The van der Waals surface area contributed by atoms with Crippen LogP contribution in [0.5, 0.6) is 0 Å². The summed E-state index contributed by atoms with van der Waals surface area (Å²) >= 11 is 0. The van der Waals surface area contributed by atoms with Crippen LogP contribution in [0.1, 0.15) is 22.8 Å². The molecule has 1 rings (SSSR count). The molecule has 1 aromatic rings. The summed E-state index contributed by atoms with van der Waals surface area (Å²) in [4.78, 5) is 21.7. The van der Waals surface area contributed by atoms with E-state index in [1.54, 1.807) is 30.3 Å². The smallest absolute Gasteiger partial charge is 0.241 e. The number of ketones is 1. The quantitative estimate of drug-likeness (QED) is 0.577. The molecular formula is C11H11NO2. The SMILES string of the molecule is CC(=O)c1ccccc1/C=C/C(N)=O. The molecule has 0 aliphatic carbocycles. The average Bonchev–Trinajstić information content (AvgIpc) is 2.15. The highest BCUT2D eigenvalue weighted by Crippen LogP contribution is 2.10. The lowest BCUT2D eigenvalue weighted by Gasteiger charge is -2.00. The van der Waals surface area contributed by atoms with E-state index >= 15 is 0 Å². The number of carbonyl (C=O) groups excluding carboxylic acids is 2. The van der Waals surface area contributed by atoms with E-state index in [9.17, 15) is 9.59 Å². The van der Waals surface area contributed by atoms with Gasteiger partial charge in [-0.1, -0.05) is 24.3 Å². The molecule has 3 nitrogen and oxygen atoms in total. The summed E-state index contributed by atoms with van der Waals surface area (Å²) in [6.07, 6.45) is 2.78.